The van der Waals surface area contributed by atoms with Crippen LogP contribution in [-0.2, 0) is 19.9 Å². The van der Waals surface area contributed by atoms with Gasteiger partial charge in [-0.25, -0.2) is 4.39 Å². The standard InChI is InChI=1S/C15H16ClFN2O/c1-4-12-15(16)13(19(3)18-12)8-14(20)10-6-5-9(2)7-11(10)17/h5-7H,4,8H2,1-3H3. The molecular formula is C15H16ClFN2O. The summed E-state index contributed by atoms with van der Waals surface area (Å²) in [7, 11) is 1.74. The number of nitrogens with zero attached hydrogens (tertiary/aromatic N) is 2. The van der Waals surface area contributed by atoms with Gasteiger partial charge in [0.1, 0.15) is 5.82 Å². The molecule has 0 aliphatic carbocycles. The van der Waals surface area contributed by atoms with Crippen molar-refractivity contribution in [2.24, 2.45) is 7.05 Å². The van der Waals surface area contributed by atoms with Gasteiger partial charge in [0.05, 0.1) is 28.4 Å². The Balaban J connectivity index is 2.30. The van der Waals surface area contributed by atoms with Gasteiger partial charge in [-0.3, -0.25) is 9.48 Å². The zero-order chi connectivity index (χ0) is 14.9. The van der Waals surface area contributed by atoms with E-state index in [2.05, 4.69) is 5.10 Å². The first kappa shape index (κ1) is 14.7. The predicted octanol–water partition coefficient (Wildman–Crippen LogP) is 3.51. The second-order valence-corrected chi connectivity index (χ2v) is 5.15. The molecular weight excluding hydrogens is 279 g/mol. The molecule has 0 atom stereocenters. The molecule has 0 aliphatic rings. The van der Waals surface area contributed by atoms with Crippen LogP contribution >= 0.6 is 11.6 Å². The minimum Gasteiger partial charge on any atom is -0.294 e. The summed E-state index contributed by atoms with van der Waals surface area (Å²) in [5.74, 6) is -0.793. The Hall–Kier alpha value is -1.68. The van der Waals surface area contributed by atoms with Crippen molar-refractivity contribution in [3.05, 3.63) is 51.6 Å². The average molecular weight is 295 g/mol. The van der Waals surface area contributed by atoms with Crippen molar-refractivity contribution in [1.82, 2.24) is 9.78 Å². The minimum absolute atomic E-state index is 0.0440. The number of hydrogen-bond acceptors (Lipinski definition) is 2. The monoisotopic (exact) mass is 294 g/mol. The molecule has 1 heterocycles. The molecule has 20 heavy (non-hydrogen) atoms. The lowest BCUT2D eigenvalue weighted by Crippen LogP contribution is -2.10. The third-order valence-corrected chi connectivity index (χ3v) is 3.69. The number of aryl methyl sites for hydroxylation is 3. The van der Waals surface area contributed by atoms with E-state index in [0.29, 0.717) is 17.1 Å². The smallest absolute Gasteiger partial charge is 0.171 e. The number of rotatable bonds is 4. The molecule has 0 fully saturated rings. The summed E-state index contributed by atoms with van der Waals surface area (Å²) in [6, 6.07) is 4.59. The van der Waals surface area contributed by atoms with Crippen LogP contribution in [0.1, 0.15) is 34.2 Å². The first-order valence-electron chi connectivity index (χ1n) is 6.43. The molecule has 0 N–H and O–H groups in total. The van der Waals surface area contributed by atoms with Gasteiger partial charge in [0.15, 0.2) is 5.78 Å². The van der Waals surface area contributed by atoms with Crippen molar-refractivity contribution >= 4 is 17.4 Å². The van der Waals surface area contributed by atoms with Gasteiger partial charge in [0, 0.05) is 7.05 Å². The lowest BCUT2D eigenvalue weighted by Gasteiger charge is -2.05. The predicted molar refractivity (Wildman–Crippen MR) is 76.8 cm³/mol. The number of aromatic nitrogens is 2. The molecule has 3 nitrogen and oxygen atoms in total. The van der Waals surface area contributed by atoms with Crippen LogP contribution in [0.2, 0.25) is 5.02 Å². The molecule has 0 amide bonds. The van der Waals surface area contributed by atoms with Crippen molar-refractivity contribution in [2.75, 3.05) is 0 Å². The van der Waals surface area contributed by atoms with E-state index >= 15 is 0 Å². The number of halogens is 2. The van der Waals surface area contributed by atoms with Gasteiger partial charge in [-0.05, 0) is 31.0 Å². The van der Waals surface area contributed by atoms with E-state index in [1.165, 1.54) is 12.1 Å². The Labute approximate surface area is 122 Å². The number of Topliss-reactive ketones (excluding diaryl/α,β-unsaturated/α-hetero) is 1. The minimum atomic E-state index is -0.496. The van der Waals surface area contributed by atoms with Crippen LogP contribution in [0.5, 0.6) is 0 Å². The van der Waals surface area contributed by atoms with Crippen molar-refractivity contribution < 1.29 is 9.18 Å². The molecule has 106 valence electrons. The molecule has 2 aromatic rings. The molecule has 0 saturated heterocycles. The van der Waals surface area contributed by atoms with E-state index in [-0.39, 0.29) is 17.8 Å². The highest BCUT2D eigenvalue weighted by Crippen LogP contribution is 2.23. The lowest BCUT2D eigenvalue weighted by molar-refractivity contribution is 0.0987. The Kier molecular flexibility index (Phi) is 4.23. The van der Waals surface area contributed by atoms with E-state index in [1.54, 1.807) is 24.7 Å². The number of carbonyl (C=O) groups excluding carboxylic acids is 1. The first-order chi connectivity index (χ1) is 9.43. The summed E-state index contributed by atoms with van der Waals surface area (Å²) in [4.78, 5) is 12.2. The summed E-state index contributed by atoms with van der Waals surface area (Å²) in [5.41, 5.74) is 2.24. The van der Waals surface area contributed by atoms with E-state index in [0.717, 1.165) is 11.3 Å². The molecule has 1 aromatic heterocycles. The maximum absolute atomic E-state index is 13.8. The largest absolute Gasteiger partial charge is 0.294 e. The van der Waals surface area contributed by atoms with Crippen LogP contribution in [0.4, 0.5) is 4.39 Å². The molecule has 0 spiro atoms. The van der Waals surface area contributed by atoms with Gasteiger partial charge < -0.3 is 0 Å². The Morgan fingerprint density at radius 2 is 2.15 bits per heavy atom. The lowest BCUT2D eigenvalue weighted by atomic mass is 10.0. The van der Waals surface area contributed by atoms with Crippen molar-refractivity contribution in [2.45, 2.75) is 26.7 Å². The number of carbonyl (C=O) groups is 1. The fourth-order valence-electron chi connectivity index (χ4n) is 2.11. The van der Waals surface area contributed by atoms with Gasteiger partial charge in [-0.15, -0.1) is 0 Å². The molecule has 0 saturated carbocycles. The summed E-state index contributed by atoms with van der Waals surface area (Å²) in [5, 5.41) is 4.75. The fourth-order valence-corrected chi connectivity index (χ4v) is 2.47. The Bertz CT molecular complexity index is 664. The number of ketones is 1. The number of benzene rings is 1. The van der Waals surface area contributed by atoms with E-state index in [4.69, 9.17) is 11.6 Å². The van der Waals surface area contributed by atoms with Crippen molar-refractivity contribution in [3.8, 4) is 0 Å². The van der Waals surface area contributed by atoms with Gasteiger partial charge in [0.25, 0.3) is 0 Å². The molecule has 0 bridgehead atoms. The molecule has 0 aliphatic heterocycles. The molecule has 0 radical (unpaired) electrons. The van der Waals surface area contributed by atoms with Crippen LogP contribution in [0, 0.1) is 12.7 Å². The van der Waals surface area contributed by atoms with Crippen molar-refractivity contribution in [1.29, 1.82) is 0 Å². The van der Waals surface area contributed by atoms with Gasteiger partial charge in [0.2, 0.25) is 0 Å². The SMILES string of the molecule is CCc1nn(C)c(CC(=O)c2ccc(C)cc2F)c1Cl. The van der Waals surface area contributed by atoms with E-state index in [9.17, 15) is 9.18 Å². The molecule has 5 heteroatoms. The highest BCUT2D eigenvalue weighted by Gasteiger charge is 2.19. The second-order valence-electron chi connectivity index (χ2n) is 4.77. The van der Waals surface area contributed by atoms with Gasteiger partial charge in [-0.2, -0.15) is 5.10 Å². The Morgan fingerprint density at radius 3 is 2.70 bits per heavy atom. The van der Waals surface area contributed by atoms with Crippen LogP contribution < -0.4 is 0 Å². The normalized spacial score (nSPS) is 10.8. The van der Waals surface area contributed by atoms with Crippen molar-refractivity contribution in [3.63, 3.8) is 0 Å². The topological polar surface area (TPSA) is 34.9 Å². The zero-order valence-electron chi connectivity index (χ0n) is 11.7. The van der Waals surface area contributed by atoms with Crippen LogP contribution in [-0.4, -0.2) is 15.6 Å². The maximum atomic E-state index is 13.8. The average Bonchev–Trinajstić information content (AvgIpc) is 2.66. The second kappa shape index (κ2) is 5.75. The molecule has 0 unspecified atom stereocenters. The molecule has 1 aromatic carbocycles. The van der Waals surface area contributed by atoms with Crippen LogP contribution in [0.15, 0.2) is 18.2 Å². The summed E-state index contributed by atoms with van der Waals surface area (Å²) in [6.45, 7) is 3.72. The fraction of sp³-hybridized carbons (Fsp3) is 0.333. The number of hydrogen-bond donors (Lipinski definition) is 0. The third-order valence-electron chi connectivity index (χ3n) is 3.26. The van der Waals surface area contributed by atoms with Gasteiger partial charge >= 0.3 is 0 Å². The van der Waals surface area contributed by atoms with Gasteiger partial charge in [-0.1, -0.05) is 24.6 Å². The van der Waals surface area contributed by atoms with E-state index < -0.39 is 5.82 Å². The highest BCUT2D eigenvalue weighted by molar-refractivity contribution is 6.32. The Morgan fingerprint density at radius 1 is 1.45 bits per heavy atom. The summed E-state index contributed by atoms with van der Waals surface area (Å²) < 4.78 is 15.4. The van der Waals surface area contributed by atoms with E-state index in [1.807, 2.05) is 6.92 Å². The quantitative estimate of drug-likeness (QED) is 0.809. The summed E-state index contributed by atoms with van der Waals surface area (Å²) >= 11 is 6.20. The molecule has 2 rings (SSSR count). The zero-order valence-corrected chi connectivity index (χ0v) is 12.5. The highest BCUT2D eigenvalue weighted by atomic mass is 35.5. The maximum Gasteiger partial charge on any atom is 0.171 e. The first-order valence-corrected chi connectivity index (χ1v) is 6.81. The third kappa shape index (κ3) is 2.75. The summed E-state index contributed by atoms with van der Waals surface area (Å²) in [6.07, 6.45) is 0.738. The van der Waals surface area contributed by atoms with Crippen LogP contribution in [0.25, 0.3) is 0 Å². The van der Waals surface area contributed by atoms with Crippen LogP contribution in [0.3, 0.4) is 0 Å².